The van der Waals surface area contributed by atoms with Crippen molar-refractivity contribution in [1.82, 2.24) is 5.32 Å². The van der Waals surface area contributed by atoms with Crippen molar-refractivity contribution < 1.29 is 14.2 Å². The van der Waals surface area contributed by atoms with E-state index < -0.39 is 0 Å². The van der Waals surface area contributed by atoms with Crippen molar-refractivity contribution in [2.75, 3.05) is 13.2 Å². The molecule has 2 aromatic rings. The molecule has 0 aliphatic heterocycles. The lowest BCUT2D eigenvalue weighted by atomic mass is 10.1. The highest BCUT2D eigenvalue weighted by atomic mass is 19.1. The Morgan fingerprint density at radius 2 is 1.86 bits per heavy atom. The number of nitrogens with one attached hydrogen (secondary N) is 1. The monoisotopic (exact) mass is 289 g/mol. The van der Waals surface area contributed by atoms with E-state index in [0.717, 1.165) is 5.56 Å². The fourth-order valence-electron chi connectivity index (χ4n) is 2.13. The van der Waals surface area contributed by atoms with Crippen molar-refractivity contribution in [3.05, 3.63) is 59.4 Å². The molecule has 0 aliphatic carbocycles. The van der Waals surface area contributed by atoms with Gasteiger partial charge in [-0.1, -0.05) is 30.3 Å². The highest BCUT2D eigenvalue weighted by Gasteiger charge is 2.07. The van der Waals surface area contributed by atoms with Gasteiger partial charge in [0.2, 0.25) is 0 Å². The molecule has 0 radical (unpaired) electrons. The number of aromatic hydroxyl groups is 1. The molecule has 0 spiro atoms. The Balaban J connectivity index is 1.86. The van der Waals surface area contributed by atoms with Crippen LogP contribution in [0.2, 0.25) is 0 Å². The third-order valence-electron chi connectivity index (χ3n) is 3.23. The van der Waals surface area contributed by atoms with E-state index in [2.05, 4.69) is 5.32 Å². The molecule has 21 heavy (non-hydrogen) atoms. The zero-order valence-corrected chi connectivity index (χ0v) is 12.1. The van der Waals surface area contributed by atoms with Gasteiger partial charge < -0.3 is 15.2 Å². The van der Waals surface area contributed by atoms with Gasteiger partial charge in [0.05, 0.1) is 6.61 Å². The highest BCUT2D eigenvalue weighted by Crippen LogP contribution is 2.29. The summed E-state index contributed by atoms with van der Waals surface area (Å²) in [5, 5.41) is 13.3. The molecule has 112 valence electrons. The normalized spacial score (nSPS) is 10.6. The maximum absolute atomic E-state index is 13.5. The van der Waals surface area contributed by atoms with Crippen molar-refractivity contribution >= 4 is 0 Å². The lowest BCUT2D eigenvalue weighted by Crippen LogP contribution is -2.17. The third-order valence-corrected chi connectivity index (χ3v) is 3.23. The van der Waals surface area contributed by atoms with E-state index in [9.17, 15) is 9.50 Å². The van der Waals surface area contributed by atoms with Gasteiger partial charge in [-0.25, -0.2) is 4.39 Å². The third kappa shape index (κ3) is 4.20. The molecule has 0 aliphatic rings. The number of phenolic OH excluding ortho intramolecular Hbond substituents is 1. The van der Waals surface area contributed by atoms with E-state index in [1.807, 2.05) is 25.1 Å². The van der Waals surface area contributed by atoms with E-state index in [1.165, 1.54) is 6.07 Å². The molecule has 2 rings (SSSR count). The number of rotatable bonds is 7. The predicted molar refractivity (Wildman–Crippen MR) is 81.1 cm³/mol. The van der Waals surface area contributed by atoms with Crippen LogP contribution in [0.5, 0.6) is 11.5 Å². The van der Waals surface area contributed by atoms with Crippen LogP contribution in [0.4, 0.5) is 4.39 Å². The van der Waals surface area contributed by atoms with E-state index in [4.69, 9.17) is 4.74 Å². The number of phenols is 1. The van der Waals surface area contributed by atoms with Crippen LogP contribution in [0.3, 0.4) is 0 Å². The topological polar surface area (TPSA) is 41.5 Å². The van der Waals surface area contributed by atoms with Crippen LogP contribution in [0.15, 0.2) is 42.5 Å². The molecule has 0 bridgehead atoms. The second-order valence-electron chi connectivity index (χ2n) is 4.72. The molecule has 0 heterocycles. The lowest BCUT2D eigenvalue weighted by Gasteiger charge is -2.11. The van der Waals surface area contributed by atoms with E-state index in [0.29, 0.717) is 37.4 Å². The molecule has 0 saturated heterocycles. The van der Waals surface area contributed by atoms with Gasteiger partial charge in [0.15, 0.2) is 11.5 Å². The van der Waals surface area contributed by atoms with Crippen LogP contribution >= 0.6 is 0 Å². The van der Waals surface area contributed by atoms with Crippen molar-refractivity contribution in [2.45, 2.75) is 19.9 Å². The minimum absolute atomic E-state index is 0.165. The zero-order chi connectivity index (χ0) is 15.1. The Hall–Kier alpha value is -2.07. The number of hydrogen-bond acceptors (Lipinski definition) is 3. The summed E-state index contributed by atoms with van der Waals surface area (Å²) in [6.45, 7) is 3.54. The number of hydrogen-bond donors (Lipinski definition) is 2. The van der Waals surface area contributed by atoms with Gasteiger partial charge >= 0.3 is 0 Å². The van der Waals surface area contributed by atoms with E-state index in [1.54, 1.807) is 18.2 Å². The molecule has 2 N–H and O–H groups in total. The molecule has 3 nitrogen and oxygen atoms in total. The Bertz CT molecular complexity index is 587. The first kappa shape index (κ1) is 15.3. The van der Waals surface area contributed by atoms with Crippen LogP contribution in [-0.2, 0) is 13.0 Å². The molecule has 4 heteroatoms. The molecular weight excluding hydrogens is 269 g/mol. The van der Waals surface area contributed by atoms with E-state index >= 15 is 0 Å². The van der Waals surface area contributed by atoms with Gasteiger partial charge in [-0.3, -0.25) is 0 Å². The summed E-state index contributed by atoms with van der Waals surface area (Å²) in [4.78, 5) is 0. The van der Waals surface area contributed by atoms with Crippen molar-refractivity contribution in [2.24, 2.45) is 0 Å². The van der Waals surface area contributed by atoms with E-state index in [-0.39, 0.29) is 11.6 Å². The maximum Gasteiger partial charge on any atom is 0.162 e. The Morgan fingerprint density at radius 3 is 2.62 bits per heavy atom. The average molecular weight is 289 g/mol. The molecular formula is C17H20FNO2. The quantitative estimate of drug-likeness (QED) is 0.769. The van der Waals surface area contributed by atoms with Crippen molar-refractivity contribution in [3.63, 3.8) is 0 Å². The fraction of sp³-hybridized carbons (Fsp3) is 0.294. The first-order chi connectivity index (χ1) is 10.2. The van der Waals surface area contributed by atoms with Gasteiger partial charge in [-0.15, -0.1) is 0 Å². The van der Waals surface area contributed by atoms with Crippen LogP contribution in [-0.4, -0.2) is 18.3 Å². The second-order valence-corrected chi connectivity index (χ2v) is 4.72. The Labute approximate surface area is 124 Å². The summed E-state index contributed by atoms with van der Waals surface area (Å²) in [7, 11) is 0. The smallest absolute Gasteiger partial charge is 0.162 e. The van der Waals surface area contributed by atoms with Crippen LogP contribution < -0.4 is 10.1 Å². The zero-order valence-electron chi connectivity index (χ0n) is 12.1. The molecule has 0 atom stereocenters. The summed E-state index contributed by atoms with van der Waals surface area (Å²) in [5.41, 5.74) is 1.46. The van der Waals surface area contributed by atoms with Crippen LogP contribution in [0.25, 0.3) is 0 Å². The average Bonchev–Trinajstić information content (AvgIpc) is 2.49. The summed E-state index contributed by atoms with van der Waals surface area (Å²) < 4.78 is 18.8. The van der Waals surface area contributed by atoms with Crippen molar-refractivity contribution in [1.29, 1.82) is 0 Å². The summed E-state index contributed by atoms with van der Waals surface area (Å²) >= 11 is 0. The number of benzene rings is 2. The number of para-hydroxylation sites is 1. The molecule has 0 fully saturated rings. The van der Waals surface area contributed by atoms with Crippen molar-refractivity contribution in [3.8, 4) is 11.5 Å². The summed E-state index contributed by atoms with van der Waals surface area (Å²) in [6.07, 6.45) is 0.610. The Kier molecular flexibility index (Phi) is 5.58. The largest absolute Gasteiger partial charge is 0.504 e. The second kappa shape index (κ2) is 7.64. The molecule has 0 amide bonds. The molecule has 0 unspecified atom stereocenters. The predicted octanol–water partition coefficient (Wildman–Crippen LogP) is 3.26. The molecule has 2 aromatic carbocycles. The SMILES string of the molecule is CCOc1cccc(CNCCc2ccccc2F)c1O. The maximum atomic E-state index is 13.5. The molecule has 0 saturated carbocycles. The fourth-order valence-corrected chi connectivity index (χ4v) is 2.13. The number of halogens is 1. The molecule has 0 aromatic heterocycles. The van der Waals surface area contributed by atoms with Gasteiger partial charge in [0.1, 0.15) is 5.82 Å². The Morgan fingerprint density at radius 1 is 1.10 bits per heavy atom. The minimum Gasteiger partial charge on any atom is -0.504 e. The standard InChI is InChI=1S/C17H20FNO2/c1-2-21-16-9-5-7-14(17(16)20)12-19-11-10-13-6-3-4-8-15(13)18/h3-9,19-20H,2,10-12H2,1H3. The number of ether oxygens (including phenoxy) is 1. The van der Waals surface area contributed by atoms with Gasteiger partial charge in [0, 0.05) is 12.1 Å². The lowest BCUT2D eigenvalue weighted by molar-refractivity contribution is 0.316. The minimum atomic E-state index is -0.180. The van der Waals surface area contributed by atoms with Gasteiger partial charge in [0.25, 0.3) is 0 Å². The summed E-state index contributed by atoms with van der Waals surface area (Å²) in [5.74, 6) is 0.476. The highest BCUT2D eigenvalue weighted by molar-refractivity contribution is 5.45. The summed E-state index contributed by atoms with van der Waals surface area (Å²) in [6, 6.07) is 12.2. The first-order valence-corrected chi connectivity index (χ1v) is 7.10. The van der Waals surface area contributed by atoms with Crippen LogP contribution in [0, 0.1) is 5.82 Å². The van der Waals surface area contributed by atoms with Crippen LogP contribution in [0.1, 0.15) is 18.1 Å². The van der Waals surface area contributed by atoms with Gasteiger partial charge in [-0.2, -0.15) is 0 Å². The van der Waals surface area contributed by atoms with Gasteiger partial charge in [-0.05, 0) is 37.6 Å². The first-order valence-electron chi connectivity index (χ1n) is 7.10.